The van der Waals surface area contributed by atoms with E-state index in [-0.39, 0.29) is 5.41 Å². The number of benzene rings is 1. The van der Waals surface area contributed by atoms with Gasteiger partial charge in [-0.1, -0.05) is 45.0 Å². The number of aromatic nitrogens is 2. The van der Waals surface area contributed by atoms with Crippen molar-refractivity contribution in [3.63, 3.8) is 0 Å². The number of hydrogen-bond donors (Lipinski definition) is 1. The lowest BCUT2D eigenvalue weighted by atomic mass is 9.86. The molecule has 0 fully saturated rings. The van der Waals surface area contributed by atoms with Gasteiger partial charge in [-0.25, -0.2) is 4.98 Å². The number of nitrogens with zero attached hydrogens (tertiary/aromatic N) is 2. The van der Waals surface area contributed by atoms with E-state index < -0.39 is 0 Å². The average molecular weight is 257 g/mol. The van der Waals surface area contributed by atoms with Gasteiger partial charge in [-0.3, -0.25) is 0 Å². The lowest BCUT2D eigenvalue weighted by Crippen LogP contribution is -2.10. The average Bonchev–Trinajstić information content (AvgIpc) is 2.64. The standard InChI is InChI=1S/C16H23N3/c1-11-18-15(14(10-17)19(11)5)12-6-8-13(9-7-12)16(2,3)4/h6-9H,10,17H2,1-5H3. The van der Waals surface area contributed by atoms with Gasteiger partial charge in [0.1, 0.15) is 5.82 Å². The minimum atomic E-state index is 0.176. The maximum atomic E-state index is 5.84. The van der Waals surface area contributed by atoms with Crippen molar-refractivity contribution in [2.75, 3.05) is 0 Å². The smallest absolute Gasteiger partial charge is 0.106 e. The van der Waals surface area contributed by atoms with Gasteiger partial charge >= 0.3 is 0 Å². The Kier molecular flexibility index (Phi) is 3.50. The van der Waals surface area contributed by atoms with Gasteiger partial charge < -0.3 is 10.3 Å². The highest BCUT2D eigenvalue weighted by atomic mass is 15.1. The first-order chi connectivity index (χ1) is 8.84. The second-order valence-electron chi connectivity index (χ2n) is 6.04. The van der Waals surface area contributed by atoms with Crippen LogP contribution in [0, 0.1) is 6.92 Å². The third-order valence-corrected chi connectivity index (χ3v) is 3.65. The zero-order chi connectivity index (χ0) is 14.2. The Morgan fingerprint density at radius 3 is 2.21 bits per heavy atom. The summed E-state index contributed by atoms with van der Waals surface area (Å²) in [6.07, 6.45) is 0. The summed E-state index contributed by atoms with van der Waals surface area (Å²) in [5, 5.41) is 0. The predicted molar refractivity (Wildman–Crippen MR) is 80.0 cm³/mol. The van der Waals surface area contributed by atoms with Crippen LogP contribution in [0.15, 0.2) is 24.3 Å². The van der Waals surface area contributed by atoms with E-state index in [1.165, 1.54) is 5.56 Å². The van der Waals surface area contributed by atoms with E-state index in [2.05, 4.69) is 54.6 Å². The molecular weight excluding hydrogens is 234 g/mol. The van der Waals surface area contributed by atoms with Crippen LogP contribution in [0.25, 0.3) is 11.3 Å². The first kappa shape index (κ1) is 13.8. The van der Waals surface area contributed by atoms with E-state index in [9.17, 15) is 0 Å². The Labute approximate surface area is 115 Å². The van der Waals surface area contributed by atoms with E-state index in [1.807, 2.05) is 14.0 Å². The Balaban J connectivity index is 2.46. The van der Waals surface area contributed by atoms with Gasteiger partial charge in [0.2, 0.25) is 0 Å². The van der Waals surface area contributed by atoms with Crippen molar-refractivity contribution >= 4 is 0 Å². The summed E-state index contributed by atoms with van der Waals surface area (Å²) < 4.78 is 2.06. The molecule has 0 aliphatic rings. The van der Waals surface area contributed by atoms with Gasteiger partial charge in [0.25, 0.3) is 0 Å². The molecule has 102 valence electrons. The molecule has 0 atom stereocenters. The third-order valence-electron chi connectivity index (χ3n) is 3.65. The van der Waals surface area contributed by atoms with Gasteiger partial charge in [-0.05, 0) is 17.9 Å². The summed E-state index contributed by atoms with van der Waals surface area (Å²) in [6.45, 7) is 9.18. The highest BCUT2D eigenvalue weighted by molar-refractivity contribution is 5.63. The molecule has 0 radical (unpaired) electrons. The Bertz CT molecular complexity index is 571. The second-order valence-corrected chi connectivity index (χ2v) is 6.04. The Morgan fingerprint density at radius 1 is 1.16 bits per heavy atom. The van der Waals surface area contributed by atoms with Crippen LogP contribution in [0.5, 0.6) is 0 Å². The highest BCUT2D eigenvalue weighted by Crippen LogP contribution is 2.27. The summed E-state index contributed by atoms with van der Waals surface area (Å²) in [4.78, 5) is 4.63. The van der Waals surface area contributed by atoms with Crippen molar-refractivity contribution in [3.8, 4) is 11.3 Å². The molecule has 0 aliphatic heterocycles. The van der Waals surface area contributed by atoms with Gasteiger partial charge in [0.15, 0.2) is 0 Å². The van der Waals surface area contributed by atoms with Crippen LogP contribution in [0.4, 0.5) is 0 Å². The minimum Gasteiger partial charge on any atom is -0.334 e. The van der Waals surface area contributed by atoms with Crippen LogP contribution < -0.4 is 5.73 Å². The minimum absolute atomic E-state index is 0.176. The van der Waals surface area contributed by atoms with E-state index >= 15 is 0 Å². The molecule has 0 bridgehead atoms. The SMILES string of the molecule is Cc1nc(-c2ccc(C(C)(C)C)cc2)c(CN)n1C. The molecule has 19 heavy (non-hydrogen) atoms. The van der Waals surface area contributed by atoms with Gasteiger partial charge in [0.05, 0.1) is 11.4 Å². The molecular formula is C16H23N3. The van der Waals surface area contributed by atoms with E-state index in [0.717, 1.165) is 22.8 Å². The molecule has 0 aliphatic carbocycles. The number of aryl methyl sites for hydroxylation is 1. The molecule has 1 aromatic carbocycles. The maximum absolute atomic E-state index is 5.84. The molecule has 0 unspecified atom stereocenters. The molecule has 3 heteroatoms. The molecule has 1 aromatic heterocycles. The van der Waals surface area contributed by atoms with Crippen LogP contribution in [-0.2, 0) is 19.0 Å². The fourth-order valence-electron chi connectivity index (χ4n) is 2.25. The summed E-state index contributed by atoms with van der Waals surface area (Å²) in [5.41, 5.74) is 10.6. The normalized spacial score (nSPS) is 11.9. The molecule has 2 N–H and O–H groups in total. The highest BCUT2D eigenvalue weighted by Gasteiger charge is 2.16. The number of rotatable bonds is 2. The van der Waals surface area contributed by atoms with Crippen LogP contribution in [0.1, 0.15) is 37.9 Å². The van der Waals surface area contributed by atoms with Crippen molar-refractivity contribution in [2.45, 2.75) is 39.7 Å². The molecule has 0 saturated carbocycles. The quantitative estimate of drug-likeness (QED) is 0.898. The van der Waals surface area contributed by atoms with Crippen molar-refractivity contribution < 1.29 is 0 Å². The summed E-state index contributed by atoms with van der Waals surface area (Å²) in [7, 11) is 2.01. The van der Waals surface area contributed by atoms with E-state index in [1.54, 1.807) is 0 Å². The summed E-state index contributed by atoms with van der Waals surface area (Å²) in [6, 6.07) is 8.64. The zero-order valence-corrected chi connectivity index (χ0v) is 12.5. The maximum Gasteiger partial charge on any atom is 0.106 e. The van der Waals surface area contributed by atoms with Crippen LogP contribution in [0.2, 0.25) is 0 Å². The fraction of sp³-hybridized carbons (Fsp3) is 0.438. The fourth-order valence-corrected chi connectivity index (χ4v) is 2.25. The van der Waals surface area contributed by atoms with Gasteiger partial charge in [-0.15, -0.1) is 0 Å². The molecule has 0 spiro atoms. The molecule has 2 aromatic rings. The first-order valence-corrected chi connectivity index (χ1v) is 6.67. The van der Waals surface area contributed by atoms with Crippen molar-refractivity contribution in [1.29, 1.82) is 0 Å². The lowest BCUT2D eigenvalue weighted by molar-refractivity contribution is 0.590. The monoisotopic (exact) mass is 257 g/mol. The van der Waals surface area contributed by atoms with Crippen LogP contribution >= 0.6 is 0 Å². The molecule has 0 saturated heterocycles. The molecule has 0 amide bonds. The lowest BCUT2D eigenvalue weighted by Gasteiger charge is -2.19. The molecule has 3 nitrogen and oxygen atoms in total. The van der Waals surface area contributed by atoms with Gasteiger partial charge in [-0.2, -0.15) is 0 Å². The number of nitrogens with two attached hydrogens (primary N) is 1. The van der Waals surface area contributed by atoms with Gasteiger partial charge in [0, 0.05) is 19.2 Å². The first-order valence-electron chi connectivity index (χ1n) is 6.67. The van der Waals surface area contributed by atoms with E-state index in [4.69, 9.17) is 5.73 Å². The second kappa shape index (κ2) is 4.82. The van der Waals surface area contributed by atoms with Crippen LogP contribution in [-0.4, -0.2) is 9.55 Å². The Morgan fingerprint density at radius 2 is 1.74 bits per heavy atom. The predicted octanol–water partition coefficient (Wildman–Crippen LogP) is 3.15. The summed E-state index contributed by atoms with van der Waals surface area (Å²) >= 11 is 0. The van der Waals surface area contributed by atoms with Crippen molar-refractivity contribution in [1.82, 2.24) is 9.55 Å². The third kappa shape index (κ3) is 2.56. The Hall–Kier alpha value is -1.61. The van der Waals surface area contributed by atoms with Crippen molar-refractivity contribution in [2.24, 2.45) is 12.8 Å². The largest absolute Gasteiger partial charge is 0.334 e. The van der Waals surface area contributed by atoms with Crippen LogP contribution in [0.3, 0.4) is 0 Å². The molecule has 1 heterocycles. The number of hydrogen-bond acceptors (Lipinski definition) is 2. The summed E-state index contributed by atoms with van der Waals surface area (Å²) in [5.74, 6) is 0.996. The molecule has 2 rings (SSSR count). The topological polar surface area (TPSA) is 43.8 Å². The number of imidazole rings is 1. The van der Waals surface area contributed by atoms with Crippen molar-refractivity contribution in [3.05, 3.63) is 41.3 Å². The van der Waals surface area contributed by atoms with E-state index in [0.29, 0.717) is 6.54 Å². The zero-order valence-electron chi connectivity index (χ0n) is 12.5.